The van der Waals surface area contributed by atoms with Crippen molar-refractivity contribution in [1.29, 1.82) is 0 Å². The molecule has 2 amide bonds. The fourth-order valence-corrected chi connectivity index (χ4v) is 5.61. The van der Waals surface area contributed by atoms with Crippen LogP contribution in [-0.4, -0.2) is 67.9 Å². The first-order chi connectivity index (χ1) is 13.8. The molecule has 1 N–H and O–H groups in total. The van der Waals surface area contributed by atoms with Crippen molar-refractivity contribution >= 4 is 21.8 Å². The molecule has 160 valence electrons. The zero-order chi connectivity index (χ0) is 21.0. The lowest BCUT2D eigenvalue weighted by Gasteiger charge is -2.39. The van der Waals surface area contributed by atoms with Gasteiger partial charge in [0.2, 0.25) is 21.8 Å². The van der Waals surface area contributed by atoms with E-state index in [1.807, 2.05) is 31.2 Å². The van der Waals surface area contributed by atoms with Crippen molar-refractivity contribution in [3.8, 4) is 0 Å². The minimum atomic E-state index is -3.49. The van der Waals surface area contributed by atoms with Crippen LogP contribution in [0.3, 0.4) is 0 Å². The SMILES string of the molecule is Cc1ccccc1CC(=O)N1CCNC(=O)C2CCCCC2N(S(C)(=O)=O)CC1. The predicted octanol–water partition coefficient (Wildman–Crippen LogP) is 1.32. The van der Waals surface area contributed by atoms with E-state index in [1.165, 1.54) is 10.6 Å². The molecule has 1 saturated carbocycles. The summed E-state index contributed by atoms with van der Waals surface area (Å²) in [6.07, 6.45) is 4.71. The van der Waals surface area contributed by atoms with Crippen molar-refractivity contribution in [2.75, 3.05) is 32.4 Å². The van der Waals surface area contributed by atoms with Gasteiger partial charge >= 0.3 is 0 Å². The molecule has 7 nitrogen and oxygen atoms in total. The molecule has 1 aromatic rings. The summed E-state index contributed by atoms with van der Waals surface area (Å²) in [7, 11) is -3.49. The fourth-order valence-electron chi connectivity index (χ4n) is 4.45. The lowest BCUT2D eigenvalue weighted by atomic mass is 9.83. The molecule has 0 bridgehead atoms. The maximum atomic E-state index is 12.9. The first kappa shape index (κ1) is 21.8. The van der Waals surface area contributed by atoms with Gasteiger partial charge < -0.3 is 10.2 Å². The Morgan fingerprint density at radius 2 is 1.86 bits per heavy atom. The summed E-state index contributed by atoms with van der Waals surface area (Å²) in [6.45, 7) is 3.30. The van der Waals surface area contributed by atoms with Gasteiger partial charge in [0.25, 0.3) is 0 Å². The average Bonchev–Trinajstić information content (AvgIpc) is 2.67. The van der Waals surface area contributed by atoms with Crippen LogP contribution in [0.4, 0.5) is 0 Å². The number of hydrogen-bond donors (Lipinski definition) is 1. The third-order valence-corrected chi connectivity index (χ3v) is 7.39. The number of hydrogen-bond acceptors (Lipinski definition) is 4. The number of carbonyl (C=O) groups excluding carboxylic acids is 2. The first-order valence-electron chi connectivity index (χ1n) is 10.3. The average molecular weight is 422 g/mol. The highest BCUT2D eigenvalue weighted by molar-refractivity contribution is 7.88. The van der Waals surface area contributed by atoms with Gasteiger partial charge in [0.1, 0.15) is 0 Å². The minimum Gasteiger partial charge on any atom is -0.354 e. The number of sulfonamides is 1. The Kier molecular flexibility index (Phi) is 6.95. The third-order valence-electron chi connectivity index (χ3n) is 6.09. The zero-order valence-electron chi connectivity index (χ0n) is 17.3. The van der Waals surface area contributed by atoms with E-state index in [2.05, 4.69) is 5.32 Å². The Balaban J connectivity index is 1.80. The molecule has 1 heterocycles. The third kappa shape index (κ3) is 5.36. The zero-order valence-corrected chi connectivity index (χ0v) is 18.1. The van der Waals surface area contributed by atoms with E-state index in [0.29, 0.717) is 32.5 Å². The van der Waals surface area contributed by atoms with Crippen molar-refractivity contribution < 1.29 is 18.0 Å². The van der Waals surface area contributed by atoms with E-state index in [-0.39, 0.29) is 36.7 Å². The number of aryl methyl sites for hydroxylation is 1. The molecule has 1 aliphatic carbocycles. The maximum Gasteiger partial charge on any atom is 0.227 e. The Morgan fingerprint density at radius 3 is 2.59 bits per heavy atom. The van der Waals surface area contributed by atoms with Gasteiger partial charge in [-0.3, -0.25) is 9.59 Å². The molecular formula is C21H31N3O4S. The standard InChI is InChI=1S/C21H31N3O4S/c1-16-7-3-4-8-17(16)15-20(25)23-12-11-22-21(26)18-9-5-6-10-19(18)24(14-13-23)29(2,27)28/h3-4,7-8,18-19H,5-6,9-15H2,1-2H3,(H,22,26). The Bertz CT molecular complexity index is 855. The number of amides is 2. The van der Waals surface area contributed by atoms with E-state index in [4.69, 9.17) is 0 Å². The van der Waals surface area contributed by atoms with Gasteiger partial charge in [-0.2, -0.15) is 4.31 Å². The van der Waals surface area contributed by atoms with Gasteiger partial charge in [-0.1, -0.05) is 37.1 Å². The van der Waals surface area contributed by atoms with Crippen molar-refractivity contribution in [1.82, 2.24) is 14.5 Å². The number of fused-ring (bicyclic) bond motifs is 1. The van der Waals surface area contributed by atoms with Crippen LogP contribution in [0.15, 0.2) is 24.3 Å². The molecule has 0 aromatic heterocycles. The molecule has 3 rings (SSSR count). The summed E-state index contributed by atoms with van der Waals surface area (Å²) >= 11 is 0. The van der Waals surface area contributed by atoms with Gasteiger partial charge in [0, 0.05) is 32.2 Å². The molecule has 1 aliphatic heterocycles. The van der Waals surface area contributed by atoms with E-state index in [0.717, 1.165) is 24.0 Å². The van der Waals surface area contributed by atoms with Crippen molar-refractivity contribution in [3.63, 3.8) is 0 Å². The molecule has 0 radical (unpaired) electrons. The number of nitrogens with one attached hydrogen (secondary N) is 1. The summed E-state index contributed by atoms with van der Waals surface area (Å²) in [6, 6.07) is 7.43. The van der Waals surface area contributed by atoms with Crippen LogP contribution < -0.4 is 5.32 Å². The Labute approximate surface area is 173 Å². The van der Waals surface area contributed by atoms with Crippen LogP contribution in [0.5, 0.6) is 0 Å². The minimum absolute atomic E-state index is 0.0530. The smallest absolute Gasteiger partial charge is 0.227 e. The fraction of sp³-hybridized carbons (Fsp3) is 0.619. The van der Waals surface area contributed by atoms with Crippen LogP contribution in [0, 0.1) is 12.8 Å². The number of carbonyl (C=O) groups is 2. The van der Waals surface area contributed by atoms with E-state index in [1.54, 1.807) is 4.90 Å². The highest BCUT2D eigenvalue weighted by Gasteiger charge is 2.39. The van der Waals surface area contributed by atoms with Crippen LogP contribution >= 0.6 is 0 Å². The molecule has 1 aromatic carbocycles. The first-order valence-corrected chi connectivity index (χ1v) is 12.2. The number of nitrogens with zero attached hydrogens (tertiary/aromatic N) is 2. The summed E-state index contributed by atoms with van der Waals surface area (Å²) < 4.78 is 26.5. The molecule has 2 atom stereocenters. The maximum absolute atomic E-state index is 12.9. The van der Waals surface area contributed by atoms with Gasteiger partial charge in [-0.25, -0.2) is 8.42 Å². The lowest BCUT2D eigenvalue weighted by Crippen LogP contribution is -2.55. The number of benzene rings is 1. The molecule has 8 heteroatoms. The predicted molar refractivity (Wildman–Crippen MR) is 112 cm³/mol. The van der Waals surface area contributed by atoms with Gasteiger partial charge in [-0.15, -0.1) is 0 Å². The van der Waals surface area contributed by atoms with Crippen LogP contribution in [0.2, 0.25) is 0 Å². The lowest BCUT2D eigenvalue weighted by molar-refractivity contribution is -0.133. The summed E-state index contributed by atoms with van der Waals surface area (Å²) in [5, 5.41) is 2.93. The van der Waals surface area contributed by atoms with Gasteiger partial charge in [-0.05, 0) is 30.9 Å². The summed E-state index contributed by atoms with van der Waals surface area (Å²) in [5.41, 5.74) is 2.02. The molecule has 2 fully saturated rings. The Hall–Kier alpha value is -1.93. The second-order valence-electron chi connectivity index (χ2n) is 8.11. The van der Waals surface area contributed by atoms with Gasteiger partial charge in [0.15, 0.2) is 0 Å². The largest absolute Gasteiger partial charge is 0.354 e. The highest BCUT2D eigenvalue weighted by atomic mass is 32.2. The van der Waals surface area contributed by atoms with Crippen molar-refractivity contribution in [2.24, 2.45) is 5.92 Å². The molecule has 2 aliphatic rings. The molecule has 2 unspecified atom stereocenters. The van der Waals surface area contributed by atoms with Gasteiger partial charge in [0.05, 0.1) is 18.6 Å². The molecule has 29 heavy (non-hydrogen) atoms. The van der Waals surface area contributed by atoms with E-state index < -0.39 is 10.0 Å². The van der Waals surface area contributed by atoms with E-state index in [9.17, 15) is 18.0 Å². The van der Waals surface area contributed by atoms with Crippen molar-refractivity contribution in [2.45, 2.75) is 45.1 Å². The summed E-state index contributed by atoms with van der Waals surface area (Å²) in [4.78, 5) is 27.3. The van der Waals surface area contributed by atoms with E-state index >= 15 is 0 Å². The summed E-state index contributed by atoms with van der Waals surface area (Å²) in [5.74, 6) is -0.466. The Morgan fingerprint density at radius 1 is 1.14 bits per heavy atom. The molecule has 1 saturated heterocycles. The quantitative estimate of drug-likeness (QED) is 0.797. The van der Waals surface area contributed by atoms with Crippen molar-refractivity contribution in [3.05, 3.63) is 35.4 Å². The molecular weight excluding hydrogens is 390 g/mol. The van der Waals surface area contributed by atoms with Crippen LogP contribution in [0.1, 0.15) is 36.8 Å². The van der Waals surface area contributed by atoms with Crippen LogP contribution in [0.25, 0.3) is 0 Å². The van der Waals surface area contributed by atoms with Crippen LogP contribution in [-0.2, 0) is 26.0 Å². The topological polar surface area (TPSA) is 86.8 Å². The monoisotopic (exact) mass is 421 g/mol. The highest BCUT2D eigenvalue weighted by Crippen LogP contribution is 2.30. The number of rotatable bonds is 3. The second kappa shape index (κ2) is 9.26. The second-order valence-corrected chi connectivity index (χ2v) is 10.0. The molecule has 0 spiro atoms. The normalized spacial score (nSPS) is 24.5.